The van der Waals surface area contributed by atoms with E-state index in [9.17, 15) is 9.66 Å². The van der Waals surface area contributed by atoms with E-state index in [1.54, 1.807) is 6.07 Å². The molecule has 2 N–H and O–H groups in total. The molecule has 2 atom stereocenters. The number of aliphatic hydroxyl groups excluding tert-OH is 1. The lowest BCUT2D eigenvalue weighted by atomic mass is 9.92. The summed E-state index contributed by atoms with van der Waals surface area (Å²) in [4.78, 5) is 0.721. The van der Waals surface area contributed by atoms with Gasteiger partial charge >= 0.3 is 0 Å². The average Bonchev–Trinajstić information content (AvgIpc) is 2.53. The molecular formula is C19H24ClNO2S2. The Labute approximate surface area is 163 Å². The Hall–Kier alpha value is -0.690. The van der Waals surface area contributed by atoms with E-state index in [1.165, 1.54) is 0 Å². The Morgan fingerprint density at radius 1 is 1.28 bits per heavy atom. The first kappa shape index (κ1) is 20.6. The fourth-order valence-electron chi connectivity index (χ4n) is 2.55. The highest BCUT2D eigenvalue weighted by molar-refractivity contribution is 7.90. The van der Waals surface area contributed by atoms with Gasteiger partial charge in [-0.1, -0.05) is 35.9 Å². The maximum atomic E-state index is 12.5. The molecule has 0 radical (unpaired) electrons. The number of rotatable bonds is 5. The Morgan fingerprint density at radius 3 is 2.52 bits per heavy atom. The quantitative estimate of drug-likeness (QED) is 0.496. The van der Waals surface area contributed by atoms with Crippen LogP contribution in [0.4, 0.5) is 0 Å². The standard InChI is InChI=1S/C19H24ClNO2S2/c1-12(21-25(23)19(2,3)4)16-9-14(20)10-17(24)18(16)15-8-6-5-7-13(15)11-22/h5-10,12,21-22,24H,11H2,1-4H3/t12-,25?/m0/s1. The summed E-state index contributed by atoms with van der Waals surface area (Å²) in [6.07, 6.45) is 0. The molecule has 0 fully saturated rings. The molecule has 0 heterocycles. The predicted octanol–water partition coefficient (Wildman–Crippen LogP) is 4.90. The summed E-state index contributed by atoms with van der Waals surface area (Å²) in [5.41, 5.74) is 3.50. The van der Waals surface area contributed by atoms with Gasteiger partial charge in [-0.05, 0) is 56.5 Å². The van der Waals surface area contributed by atoms with Crippen LogP contribution in [0.1, 0.15) is 44.9 Å². The van der Waals surface area contributed by atoms with E-state index in [2.05, 4.69) is 17.4 Å². The van der Waals surface area contributed by atoms with Gasteiger partial charge in [0.25, 0.3) is 0 Å². The molecule has 136 valence electrons. The van der Waals surface area contributed by atoms with Gasteiger partial charge in [0.05, 0.1) is 12.6 Å². The van der Waals surface area contributed by atoms with Gasteiger partial charge < -0.3 is 9.66 Å². The average molecular weight is 398 g/mol. The van der Waals surface area contributed by atoms with Gasteiger partial charge in [-0.25, -0.2) is 0 Å². The van der Waals surface area contributed by atoms with Crippen LogP contribution in [-0.4, -0.2) is 14.4 Å². The fraction of sp³-hybridized carbons (Fsp3) is 0.368. The molecule has 0 saturated carbocycles. The lowest BCUT2D eigenvalue weighted by molar-refractivity contribution is 0.282. The Bertz CT molecular complexity index is 747. The molecule has 0 amide bonds. The molecule has 2 rings (SSSR count). The van der Waals surface area contributed by atoms with Crippen molar-refractivity contribution in [2.75, 3.05) is 0 Å². The van der Waals surface area contributed by atoms with Crippen molar-refractivity contribution in [2.24, 2.45) is 0 Å². The predicted molar refractivity (Wildman–Crippen MR) is 110 cm³/mol. The number of nitrogens with one attached hydrogen (secondary N) is 1. The van der Waals surface area contributed by atoms with E-state index in [0.717, 1.165) is 27.1 Å². The summed E-state index contributed by atoms with van der Waals surface area (Å²) >= 11 is 9.64. The number of aliphatic hydroxyl groups is 1. The number of hydrogen-bond donors (Lipinski definition) is 3. The van der Waals surface area contributed by atoms with Crippen LogP contribution in [0.25, 0.3) is 11.1 Å². The van der Waals surface area contributed by atoms with Gasteiger partial charge in [0.2, 0.25) is 0 Å². The van der Waals surface area contributed by atoms with Crippen molar-refractivity contribution in [1.82, 2.24) is 4.72 Å². The molecule has 6 heteroatoms. The van der Waals surface area contributed by atoms with Crippen molar-refractivity contribution in [2.45, 2.75) is 50.0 Å². The molecule has 25 heavy (non-hydrogen) atoms. The zero-order valence-corrected chi connectivity index (χ0v) is 17.3. The second-order valence-electron chi connectivity index (χ2n) is 6.93. The first-order valence-corrected chi connectivity index (χ1v) is 10.0. The highest BCUT2D eigenvalue weighted by Crippen LogP contribution is 2.38. The summed E-state index contributed by atoms with van der Waals surface area (Å²) in [5.74, 6) is 0. The summed E-state index contributed by atoms with van der Waals surface area (Å²) in [5, 5.41) is 10.3. The summed E-state index contributed by atoms with van der Waals surface area (Å²) in [7, 11) is 0. The second kappa shape index (κ2) is 8.33. The third kappa shape index (κ3) is 4.94. The van der Waals surface area contributed by atoms with Crippen LogP contribution in [0.2, 0.25) is 5.02 Å². The summed E-state index contributed by atoms with van der Waals surface area (Å²) in [6.45, 7) is 7.65. The van der Waals surface area contributed by atoms with E-state index < -0.39 is 11.4 Å². The Morgan fingerprint density at radius 2 is 1.92 bits per heavy atom. The highest BCUT2D eigenvalue weighted by atomic mass is 35.5. The first-order valence-electron chi connectivity index (χ1n) is 8.04. The Balaban J connectivity index is 2.55. The van der Waals surface area contributed by atoms with Gasteiger partial charge in [-0.15, -0.1) is 17.4 Å². The monoisotopic (exact) mass is 397 g/mol. The van der Waals surface area contributed by atoms with E-state index in [-0.39, 0.29) is 17.4 Å². The molecule has 0 aromatic heterocycles. The van der Waals surface area contributed by atoms with Crippen molar-refractivity contribution in [3.05, 3.63) is 52.5 Å². The van der Waals surface area contributed by atoms with Crippen LogP contribution < -0.4 is 4.72 Å². The van der Waals surface area contributed by atoms with E-state index in [4.69, 9.17) is 11.6 Å². The van der Waals surface area contributed by atoms with Crippen LogP contribution in [0.15, 0.2) is 41.3 Å². The van der Waals surface area contributed by atoms with Crippen molar-refractivity contribution < 1.29 is 9.66 Å². The number of thiol groups is 1. The molecule has 0 spiro atoms. The minimum atomic E-state index is -1.22. The maximum absolute atomic E-state index is 12.5. The molecule has 1 unspecified atom stereocenters. The SMILES string of the molecule is C[C@H](N[S+]([O-])C(C)(C)C)c1cc(Cl)cc(S)c1-c1ccccc1CO. The highest BCUT2D eigenvalue weighted by Gasteiger charge is 2.29. The number of hydrogen-bond acceptors (Lipinski definition) is 4. The zero-order valence-electron chi connectivity index (χ0n) is 14.8. The van der Waals surface area contributed by atoms with Crippen LogP contribution in [0, 0.1) is 0 Å². The van der Waals surface area contributed by atoms with Crippen LogP contribution in [0.5, 0.6) is 0 Å². The molecule has 2 aromatic rings. The third-order valence-electron chi connectivity index (χ3n) is 3.88. The molecule has 0 saturated heterocycles. The van der Waals surface area contributed by atoms with Gasteiger partial charge in [0.1, 0.15) is 4.75 Å². The smallest absolute Gasteiger partial charge is 0.136 e. The summed E-state index contributed by atoms with van der Waals surface area (Å²) < 4.78 is 15.3. The van der Waals surface area contributed by atoms with Gasteiger partial charge in [0, 0.05) is 26.8 Å². The van der Waals surface area contributed by atoms with Crippen molar-refractivity contribution >= 4 is 35.6 Å². The minimum Gasteiger partial charge on any atom is -0.598 e. The normalized spacial score (nSPS) is 14.4. The largest absolute Gasteiger partial charge is 0.598 e. The van der Waals surface area contributed by atoms with Gasteiger partial charge in [0.15, 0.2) is 0 Å². The molecule has 0 aliphatic carbocycles. The molecule has 2 aromatic carbocycles. The lowest BCUT2D eigenvalue weighted by Crippen LogP contribution is -2.40. The minimum absolute atomic E-state index is 0.0683. The van der Waals surface area contributed by atoms with Gasteiger partial charge in [-0.2, -0.15) is 0 Å². The van der Waals surface area contributed by atoms with Crippen LogP contribution >= 0.6 is 24.2 Å². The van der Waals surface area contributed by atoms with Crippen LogP contribution in [-0.2, 0) is 18.0 Å². The fourth-order valence-corrected chi connectivity index (χ4v) is 4.04. The lowest BCUT2D eigenvalue weighted by Gasteiger charge is -2.28. The number of halogens is 1. The van der Waals surface area contributed by atoms with Crippen molar-refractivity contribution in [3.8, 4) is 11.1 Å². The molecule has 0 bridgehead atoms. The van der Waals surface area contributed by atoms with Crippen molar-refractivity contribution in [3.63, 3.8) is 0 Å². The zero-order chi connectivity index (χ0) is 18.8. The van der Waals surface area contributed by atoms with E-state index in [1.807, 2.05) is 58.0 Å². The summed E-state index contributed by atoms with van der Waals surface area (Å²) in [6, 6.07) is 11.1. The molecule has 0 aliphatic rings. The maximum Gasteiger partial charge on any atom is 0.136 e. The Kier molecular flexibility index (Phi) is 6.87. The van der Waals surface area contributed by atoms with Crippen molar-refractivity contribution in [1.29, 1.82) is 0 Å². The van der Waals surface area contributed by atoms with E-state index >= 15 is 0 Å². The topological polar surface area (TPSA) is 55.3 Å². The van der Waals surface area contributed by atoms with Crippen LogP contribution in [0.3, 0.4) is 0 Å². The second-order valence-corrected chi connectivity index (χ2v) is 9.84. The van der Waals surface area contributed by atoms with E-state index in [0.29, 0.717) is 5.02 Å². The number of benzene rings is 2. The van der Waals surface area contributed by atoms with Gasteiger partial charge in [-0.3, -0.25) is 0 Å². The molecule has 3 nitrogen and oxygen atoms in total. The molecule has 0 aliphatic heterocycles. The first-order chi connectivity index (χ1) is 11.6. The third-order valence-corrected chi connectivity index (χ3v) is 6.13. The molecular weight excluding hydrogens is 374 g/mol.